The van der Waals surface area contributed by atoms with Crippen molar-refractivity contribution in [1.82, 2.24) is 5.43 Å². The van der Waals surface area contributed by atoms with Gasteiger partial charge in [0, 0.05) is 0 Å². The zero-order valence-corrected chi connectivity index (χ0v) is 17.7. The number of rotatable bonds is 9. The lowest BCUT2D eigenvalue weighted by molar-refractivity contribution is -0.119. The van der Waals surface area contributed by atoms with E-state index in [-0.39, 0.29) is 0 Å². The second kappa shape index (κ2) is 9.92. The molecule has 0 atom stereocenters. The van der Waals surface area contributed by atoms with E-state index in [2.05, 4.69) is 10.5 Å². The Labute approximate surface area is 171 Å². The predicted octanol–water partition coefficient (Wildman–Crippen LogP) is 2.40. The number of benzene rings is 2. The highest BCUT2D eigenvalue weighted by Crippen LogP contribution is 2.21. The fourth-order valence-corrected chi connectivity index (χ4v) is 3.34. The van der Waals surface area contributed by atoms with E-state index in [9.17, 15) is 13.2 Å². The number of methoxy groups -OCH3 is 1. The summed E-state index contributed by atoms with van der Waals surface area (Å²) in [5.74, 6) is 0.773. The van der Waals surface area contributed by atoms with Crippen LogP contribution in [0.4, 0.5) is 5.69 Å². The van der Waals surface area contributed by atoms with Gasteiger partial charge >= 0.3 is 0 Å². The summed E-state index contributed by atoms with van der Waals surface area (Å²) < 4.78 is 35.7. The maximum absolute atomic E-state index is 12.3. The monoisotopic (exact) mass is 419 g/mol. The Kier molecular flexibility index (Phi) is 7.60. The lowest BCUT2D eigenvalue weighted by Crippen LogP contribution is -2.39. The largest absolute Gasteiger partial charge is 0.497 e. The summed E-state index contributed by atoms with van der Waals surface area (Å²) in [5, 5.41) is 4.06. The van der Waals surface area contributed by atoms with E-state index in [0.717, 1.165) is 21.9 Å². The van der Waals surface area contributed by atoms with E-state index < -0.39 is 22.5 Å². The van der Waals surface area contributed by atoms with Gasteiger partial charge < -0.3 is 9.47 Å². The molecule has 2 rings (SSSR count). The summed E-state index contributed by atoms with van der Waals surface area (Å²) in [4.78, 5) is 12.3. The number of nitrogens with one attached hydrogen (secondary N) is 1. The van der Waals surface area contributed by atoms with Crippen molar-refractivity contribution >= 4 is 27.3 Å². The van der Waals surface area contributed by atoms with Crippen LogP contribution >= 0.6 is 0 Å². The second-order valence-electron chi connectivity index (χ2n) is 6.16. The summed E-state index contributed by atoms with van der Waals surface area (Å²) in [6, 6.07) is 13.7. The quantitative estimate of drug-likeness (QED) is 0.497. The molecule has 0 aliphatic heterocycles. The number of anilines is 1. The van der Waals surface area contributed by atoms with Crippen LogP contribution in [0, 0.1) is 0 Å². The van der Waals surface area contributed by atoms with Gasteiger partial charge in [-0.15, -0.1) is 0 Å². The SMILES string of the molecule is CCOc1ccc(/C(C)=N/NC(=O)CN(c2ccc(OC)cc2)S(C)(=O)=O)cc1. The van der Waals surface area contributed by atoms with Crippen molar-refractivity contribution in [1.29, 1.82) is 0 Å². The van der Waals surface area contributed by atoms with Crippen LogP contribution < -0.4 is 19.2 Å². The Morgan fingerprint density at radius 2 is 1.66 bits per heavy atom. The number of nitrogens with zero attached hydrogens (tertiary/aromatic N) is 2. The number of carbonyl (C=O) groups is 1. The molecular weight excluding hydrogens is 394 g/mol. The minimum atomic E-state index is -3.66. The molecule has 2 aromatic carbocycles. The fraction of sp³-hybridized carbons (Fsp3) is 0.300. The van der Waals surface area contributed by atoms with Gasteiger partial charge in [0.15, 0.2) is 0 Å². The molecular formula is C20H25N3O5S. The van der Waals surface area contributed by atoms with Crippen molar-refractivity contribution < 1.29 is 22.7 Å². The number of amides is 1. The molecule has 2 aromatic rings. The predicted molar refractivity (Wildman–Crippen MR) is 113 cm³/mol. The molecule has 0 heterocycles. The molecule has 0 aliphatic carbocycles. The number of ether oxygens (including phenoxy) is 2. The maximum atomic E-state index is 12.3. The van der Waals surface area contributed by atoms with Gasteiger partial charge in [0.2, 0.25) is 10.0 Å². The number of hydrogen-bond acceptors (Lipinski definition) is 6. The summed E-state index contributed by atoms with van der Waals surface area (Å²) in [6.45, 7) is 3.83. The van der Waals surface area contributed by atoms with E-state index in [4.69, 9.17) is 9.47 Å². The van der Waals surface area contributed by atoms with Gasteiger partial charge in [-0.3, -0.25) is 9.10 Å². The molecule has 0 bridgehead atoms. The minimum Gasteiger partial charge on any atom is -0.497 e. The van der Waals surface area contributed by atoms with Crippen LogP contribution in [0.5, 0.6) is 11.5 Å². The topological polar surface area (TPSA) is 97.3 Å². The van der Waals surface area contributed by atoms with Crippen LogP contribution in [0.15, 0.2) is 53.6 Å². The third-order valence-electron chi connectivity index (χ3n) is 3.98. The Hall–Kier alpha value is -3.07. The van der Waals surface area contributed by atoms with E-state index in [1.165, 1.54) is 7.11 Å². The van der Waals surface area contributed by atoms with Crippen molar-refractivity contribution in [2.75, 3.05) is 30.8 Å². The second-order valence-corrected chi connectivity index (χ2v) is 8.06. The first-order valence-corrected chi connectivity index (χ1v) is 10.8. The molecule has 0 radical (unpaired) electrons. The van der Waals surface area contributed by atoms with E-state index >= 15 is 0 Å². The Morgan fingerprint density at radius 3 is 2.17 bits per heavy atom. The first-order chi connectivity index (χ1) is 13.7. The van der Waals surface area contributed by atoms with Crippen LogP contribution in [0.2, 0.25) is 0 Å². The fourth-order valence-electron chi connectivity index (χ4n) is 2.48. The Balaban J connectivity index is 2.08. The van der Waals surface area contributed by atoms with Crippen LogP contribution in [0.3, 0.4) is 0 Å². The highest BCUT2D eigenvalue weighted by Gasteiger charge is 2.20. The van der Waals surface area contributed by atoms with Crippen molar-refractivity contribution in [2.24, 2.45) is 5.10 Å². The zero-order chi connectivity index (χ0) is 21.4. The third kappa shape index (κ3) is 6.49. The van der Waals surface area contributed by atoms with Gasteiger partial charge in [0.25, 0.3) is 5.91 Å². The third-order valence-corrected chi connectivity index (χ3v) is 5.12. The molecule has 1 amide bonds. The molecule has 0 fully saturated rings. The highest BCUT2D eigenvalue weighted by atomic mass is 32.2. The van der Waals surface area contributed by atoms with Gasteiger partial charge in [0.05, 0.1) is 31.4 Å². The summed E-state index contributed by atoms with van der Waals surface area (Å²) in [6.07, 6.45) is 1.04. The molecule has 0 aliphatic rings. The average Bonchev–Trinajstić information content (AvgIpc) is 2.70. The van der Waals surface area contributed by atoms with Gasteiger partial charge in [-0.2, -0.15) is 5.10 Å². The standard InChI is InChI=1S/C20H25N3O5S/c1-5-28-19-10-6-16(7-11-19)15(2)21-22-20(24)14-23(29(4,25)26)17-8-12-18(27-3)13-9-17/h6-13H,5,14H2,1-4H3,(H,22,24)/b21-15+. The molecule has 0 saturated heterocycles. The summed E-state index contributed by atoms with van der Waals surface area (Å²) in [7, 11) is -2.15. The summed E-state index contributed by atoms with van der Waals surface area (Å²) >= 11 is 0. The molecule has 0 spiro atoms. The lowest BCUT2D eigenvalue weighted by atomic mass is 10.1. The highest BCUT2D eigenvalue weighted by molar-refractivity contribution is 7.92. The van der Waals surface area contributed by atoms with Crippen molar-refractivity contribution in [3.63, 3.8) is 0 Å². The van der Waals surface area contributed by atoms with Gasteiger partial charge in [-0.1, -0.05) is 0 Å². The average molecular weight is 420 g/mol. The van der Waals surface area contributed by atoms with Gasteiger partial charge in [-0.05, 0) is 67.9 Å². The van der Waals surface area contributed by atoms with Crippen LogP contribution in [-0.4, -0.2) is 46.6 Å². The number of sulfonamides is 1. The molecule has 1 N–H and O–H groups in total. The van der Waals surface area contributed by atoms with Crippen LogP contribution in [0.25, 0.3) is 0 Å². The first-order valence-electron chi connectivity index (χ1n) is 8.92. The number of carbonyl (C=O) groups excluding carboxylic acids is 1. The smallest absolute Gasteiger partial charge is 0.260 e. The van der Waals surface area contributed by atoms with E-state index in [1.807, 2.05) is 31.2 Å². The molecule has 9 heteroatoms. The normalized spacial score (nSPS) is 11.7. The Morgan fingerprint density at radius 1 is 1.07 bits per heavy atom. The molecule has 29 heavy (non-hydrogen) atoms. The maximum Gasteiger partial charge on any atom is 0.260 e. The molecule has 156 valence electrons. The van der Waals surface area contributed by atoms with Crippen molar-refractivity contribution in [2.45, 2.75) is 13.8 Å². The summed E-state index contributed by atoms with van der Waals surface area (Å²) in [5.41, 5.74) is 4.15. The minimum absolute atomic E-state index is 0.357. The molecule has 0 saturated carbocycles. The van der Waals surface area contributed by atoms with Gasteiger partial charge in [-0.25, -0.2) is 13.8 Å². The molecule has 0 unspecified atom stereocenters. The Bertz CT molecular complexity index is 955. The zero-order valence-electron chi connectivity index (χ0n) is 16.9. The van der Waals surface area contributed by atoms with Gasteiger partial charge in [0.1, 0.15) is 18.0 Å². The van der Waals surface area contributed by atoms with E-state index in [1.54, 1.807) is 31.2 Å². The molecule has 0 aromatic heterocycles. The van der Waals surface area contributed by atoms with Crippen LogP contribution in [-0.2, 0) is 14.8 Å². The lowest BCUT2D eigenvalue weighted by Gasteiger charge is -2.21. The number of hydrazone groups is 1. The van der Waals surface area contributed by atoms with Crippen LogP contribution in [0.1, 0.15) is 19.4 Å². The molecule has 8 nitrogen and oxygen atoms in total. The number of hydrogen-bond donors (Lipinski definition) is 1. The van der Waals surface area contributed by atoms with E-state index in [0.29, 0.717) is 23.8 Å². The first kappa shape index (κ1) is 22.2. The van der Waals surface area contributed by atoms with Crippen molar-refractivity contribution in [3.05, 3.63) is 54.1 Å². The van der Waals surface area contributed by atoms with Crippen molar-refractivity contribution in [3.8, 4) is 11.5 Å².